The summed E-state index contributed by atoms with van der Waals surface area (Å²) in [5, 5.41) is 0. The highest BCUT2D eigenvalue weighted by Crippen LogP contribution is 2.25. The van der Waals surface area contributed by atoms with Crippen LogP contribution in [-0.2, 0) is 13.0 Å². The zero-order valence-corrected chi connectivity index (χ0v) is 12.7. The van der Waals surface area contributed by atoms with Crippen LogP contribution in [0.3, 0.4) is 0 Å². The summed E-state index contributed by atoms with van der Waals surface area (Å²) >= 11 is 5.78. The van der Waals surface area contributed by atoms with E-state index in [2.05, 4.69) is 25.8 Å². The molecule has 0 spiro atoms. The zero-order chi connectivity index (χ0) is 14.9. The Labute approximate surface area is 122 Å². The number of hydrogen-bond acceptors (Lipinski definition) is 1. The molecule has 0 amide bonds. The van der Waals surface area contributed by atoms with E-state index in [1.54, 1.807) is 4.57 Å². The van der Waals surface area contributed by atoms with E-state index in [0.717, 1.165) is 6.07 Å². The van der Waals surface area contributed by atoms with Gasteiger partial charge in [-0.25, -0.2) is 13.8 Å². The van der Waals surface area contributed by atoms with Gasteiger partial charge in [-0.15, -0.1) is 11.6 Å². The van der Waals surface area contributed by atoms with Crippen molar-refractivity contribution < 1.29 is 8.78 Å². The van der Waals surface area contributed by atoms with Crippen molar-refractivity contribution in [2.45, 2.75) is 33.7 Å². The molecule has 2 nitrogen and oxygen atoms in total. The fourth-order valence-corrected chi connectivity index (χ4v) is 2.35. The quantitative estimate of drug-likeness (QED) is 0.749. The SMILES string of the molecule is CC(C)C(C)Cn1c(CCCl)nc2ccc(F)c(F)c21. The molecule has 2 aromatic rings. The third-order valence-corrected chi connectivity index (χ3v) is 3.99. The number of hydrogen-bond donors (Lipinski definition) is 0. The summed E-state index contributed by atoms with van der Waals surface area (Å²) in [6, 6.07) is 2.63. The van der Waals surface area contributed by atoms with Crippen LogP contribution in [0.1, 0.15) is 26.6 Å². The first-order chi connectivity index (χ1) is 9.45. The van der Waals surface area contributed by atoms with Crippen molar-refractivity contribution in [3.63, 3.8) is 0 Å². The third-order valence-electron chi connectivity index (χ3n) is 3.81. The number of fused-ring (bicyclic) bond motifs is 1. The van der Waals surface area contributed by atoms with Crippen molar-refractivity contribution in [2.75, 3.05) is 5.88 Å². The van der Waals surface area contributed by atoms with Crippen molar-refractivity contribution in [2.24, 2.45) is 11.8 Å². The molecule has 1 atom stereocenters. The number of imidazole rings is 1. The Balaban J connectivity index is 2.57. The number of nitrogens with zero attached hydrogens (tertiary/aromatic N) is 2. The number of rotatable bonds is 5. The summed E-state index contributed by atoms with van der Waals surface area (Å²) in [4.78, 5) is 4.39. The van der Waals surface area contributed by atoms with Crippen LogP contribution in [0.5, 0.6) is 0 Å². The number of alkyl halides is 1. The van der Waals surface area contributed by atoms with Gasteiger partial charge in [-0.1, -0.05) is 20.8 Å². The lowest BCUT2D eigenvalue weighted by Gasteiger charge is -2.18. The van der Waals surface area contributed by atoms with Gasteiger partial charge in [0.05, 0.1) is 5.52 Å². The molecule has 0 bridgehead atoms. The zero-order valence-electron chi connectivity index (χ0n) is 12.0. The van der Waals surface area contributed by atoms with Gasteiger partial charge < -0.3 is 4.57 Å². The molecule has 110 valence electrons. The van der Waals surface area contributed by atoms with E-state index in [9.17, 15) is 8.78 Å². The van der Waals surface area contributed by atoms with Crippen molar-refractivity contribution >= 4 is 22.6 Å². The molecule has 20 heavy (non-hydrogen) atoms. The van der Waals surface area contributed by atoms with Crippen LogP contribution < -0.4 is 0 Å². The molecule has 1 aromatic heterocycles. The van der Waals surface area contributed by atoms with E-state index in [4.69, 9.17) is 11.6 Å². The smallest absolute Gasteiger partial charge is 0.184 e. The van der Waals surface area contributed by atoms with Crippen LogP contribution >= 0.6 is 11.6 Å². The van der Waals surface area contributed by atoms with E-state index in [0.29, 0.717) is 42.0 Å². The standard InChI is InChI=1S/C15H19ClF2N2/c1-9(2)10(3)8-20-13(6-7-16)19-12-5-4-11(17)14(18)15(12)20/h4-5,9-10H,6-8H2,1-3H3. The molecule has 0 saturated heterocycles. The summed E-state index contributed by atoms with van der Waals surface area (Å²) in [5.74, 6) is 0.243. The van der Waals surface area contributed by atoms with Crippen LogP contribution in [0.4, 0.5) is 8.78 Å². The lowest BCUT2D eigenvalue weighted by atomic mass is 9.98. The minimum atomic E-state index is -0.840. The van der Waals surface area contributed by atoms with Gasteiger partial charge in [0.2, 0.25) is 0 Å². The lowest BCUT2D eigenvalue weighted by molar-refractivity contribution is 0.362. The summed E-state index contributed by atoms with van der Waals surface area (Å²) in [7, 11) is 0. The maximum Gasteiger partial charge on any atom is 0.184 e. The average Bonchev–Trinajstić information content (AvgIpc) is 2.73. The summed E-state index contributed by atoms with van der Waals surface area (Å²) < 4.78 is 29.4. The maximum atomic E-state index is 14.1. The summed E-state index contributed by atoms with van der Waals surface area (Å²) in [6.07, 6.45) is 0.544. The predicted molar refractivity (Wildman–Crippen MR) is 78.1 cm³/mol. The fourth-order valence-electron chi connectivity index (χ4n) is 2.18. The molecule has 5 heteroatoms. The number of aryl methyl sites for hydroxylation is 1. The second kappa shape index (κ2) is 6.08. The predicted octanol–water partition coefficient (Wildman–Crippen LogP) is 4.39. The Morgan fingerprint density at radius 1 is 1.25 bits per heavy atom. The van der Waals surface area contributed by atoms with Gasteiger partial charge in [0.1, 0.15) is 11.3 Å². The van der Waals surface area contributed by atoms with Crippen molar-refractivity contribution in [1.29, 1.82) is 0 Å². The Bertz CT molecular complexity index is 607. The molecule has 0 fully saturated rings. The van der Waals surface area contributed by atoms with Gasteiger partial charge >= 0.3 is 0 Å². The van der Waals surface area contributed by atoms with E-state index < -0.39 is 11.6 Å². The lowest BCUT2D eigenvalue weighted by Crippen LogP contribution is -2.16. The molecule has 0 aliphatic heterocycles. The van der Waals surface area contributed by atoms with Crippen molar-refractivity contribution in [3.05, 3.63) is 29.6 Å². The van der Waals surface area contributed by atoms with Gasteiger partial charge in [-0.3, -0.25) is 0 Å². The van der Waals surface area contributed by atoms with Gasteiger partial charge in [0.25, 0.3) is 0 Å². The minimum Gasteiger partial charge on any atom is -0.325 e. The molecular weight excluding hydrogens is 282 g/mol. The molecule has 0 saturated carbocycles. The maximum absolute atomic E-state index is 14.1. The molecular formula is C15H19ClF2N2. The number of halogens is 3. The second-order valence-electron chi connectivity index (χ2n) is 5.53. The Morgan fingerprint density at radius 3 is 2.55 bits per heavy atom. The second-order valence-corrected chi connectivity index (χ2v) is 5.91. The normalized spacial score (nSPS) is 13.3. The summed E-state index contributed by atoms with van der Waals surface area (Å²) in [6.45, 7) is 6.93. The van der Waals surface area contributed by atoms with Crippen LogP contribution in [0.15, 0.2) is 12.1 Å². The molecule has 2 rings (SSSR count). The molecule has 0 N–H and O–H groups in total. The first kappa shape index (κ1) is 15.2. The molecule has 1 heterocycles. The number of aromatic nitrogens is 2. The minimum absolute atomic E-state index is 0.248. The van der Waals surface area contributed by atoms with Crippen LogP contribution in [-0.4, -0.2) is 15.4 Å². The Hall–Kier alpha value is -1.16. The summed E-state index contributed by atoms with van der Waals surface area (Å²) in [5.41, 5.74) is 0.734. The largest absolute Gasteiger partial charge is 0.325 e. The molecule has 1 aromatic carbocycles. The van der Waals surface area contributed by atoms with Gasteiger partial charge in [-0.05, 0) is 24.0 Å². The van der Waals surface area contributed by atoms with Crippen LogP contribution in [0.2, 0.25) is 0 Å². The molecule has 1 unspecified atom stereocenters. The van der Waals surface area contributed by atoms with Crippen LogP contribution in [0.25, 0.3) is 11.0 Å². The first-order valence-corrected chi connectivity index (χ1v) is 7.38. The van der Waals surface area contributed by atoms with Crippen molar-refractivity contribution in [3.8, 4) is 0 Å². The number of benzene rings is 1. The van der Waals surface area contributed by atoms with E-state index in [1.807, 2.05) is 0 Å². The average molecular weight is 301 g/mol. The Kier molecular flexibility index (Phi) is 4.63. The van der Waals surface area contributed by atoms with E-state index in [1.165, 1.54) is 6.07 Å². The van der Waals surface area contributed by atoms with E-state index >= 15 is 0 Å². The van der Waals surface area contributed by atoms with Gasteiger partial charge in [0, 0.05) is 18.8 Å². The van der Waals surface area contributed by atoms with Gasteiger partial charge in [0.15, 0.2) is 11.6 Å². The fraction of sp³-hybridized carbons (Fsp3) is 0.533. The molecule has 0 aliphatic carbocycles. The van der Waals surface area contributed by atoms with Crippen LogP contribution in [0, 0.1) is 23.5 Å². The topological polar surface area (TPSA) is 17.8 Å². The monoisotopic (exact) mass is 300 g/mol. The first-order valence-electron chi connectivity index (χ1n) is 6.84. The van der Waals surface area contributed by atoms with Crippen molar-refractivity contribution in [1.82, 2.24) is 9.55 Å². The molecule has 0 aliphatic rings. The highest BCUT2D eigenvalue weighted by molar-refractivity contribution is 6.17. The van der Waals surface area contributed by atoms with Gasteiger partial charge in [-0.2, -0.15) is 0 Å². The van der Waals surface area contributed by atoms with E-state index in [-0.39, 0.29) is 5.52 Å². The highest BCUT2D eigenvalue weighted by atomic mass is 35.5. The third kappa shape index (κ3) is 2.80. The Morgan fingerprint density at radius 2 is 1.95 bits per heavy atom. The molecule has 0 radical (unpaired) electrons. The highest BCUT2D eigenvalue weighted by Gasteiger charge is 2.19.